The van der Waals surface area contributed by atoms with Crippen LogP contribution in [0.4, 0.5) is 0 Å². The van der Waals surface area contributed by atoms with Gasteiger partial charge in [0.25, 0.3) is 0 Å². The first-order chi connectivity index (χ1) is 8.24. The Kier molecular flexibility index (Phi) is 3.21. The van der Waals surface area contributed by atoms with Crippen LogP contribution in [0.3, 0.4) is 0 Å². The Hall–Kier alpha value is -2.13. The Morgan fingerprint density at radius 1 is 1.06 bits per heavy atom. The van der Waals surface area contributed by atoms with E-state index in [1.54, 1.807) is 18.2 Å². The van der Waals surface area contributed by atoms with E-state index in [1.165, 1.54) is 0 Å². The van der Waals surface area contributed by atoms with Crippen LogP contribution in [0, 0.1) is 0 Å². The molecule has 0 atom stereocenters. The van der Waals surface area contributed by atoms with Gasteiger partial charge in [0.1, 0.15) is 5.75 Å². The van der Waals surface area contributed by atoms with Gasteiger partial charge in [0.05, 0.1) is 12.2 Å². The van der Waals surface area contributed by atoms with Gasteiger partial charge in [-0.05, 0) is 34.9 Å². The van der Waals surface area contributed by atoms with Crippen LogP contribution in [0.1, 0.15) is 15.9 Å². The van der Waals surface area contributed by atoms with Crippen molar-refractivity contribution in [2.45, 2.75) is 6.61 Å². The van der Waals surface area contributed by atoms with Gasteiger partial charge in [0, 0.05) is 0 Å². The van der Waals surface area contributed by atoms with Gasteiger partial charge >= 0.3 is 0 Å². The summed E-state index contributed by atoms with van der Waals surface area (Å²) >= 11 is 0. The first-order valence-corrected chi connectivity index (χ1v) is 5.23. The van der Waals surface area contributed by atoms with E-state index in [0.717, 1.165) is 16.7 Å². The highest BCUT2D eigenvalue weighted by molar-refractivity contribution is 5.81. The van der Waals surface area contributed by atoms with Crippen molar-refractivity contribution in [2.24, 2.45) is 0 Å². The smallest absolute Gasteiger partial charge is 0.153 e. The highest BCUT2D eigenvalue weighted by Gasteiger charge is 2.04. The van der Waals surface area contributed by atoms with Crippen molar-refractivity contribution in [1.29, 1.82) is 0 Å². The molecule has 0 aliphatic heterocycles. The highest BCUT2D eigenvalue weighted by atomic mass is 16.3. The van der Waals surface area contributed by atoms with Crippen molar-refractivity contribution in [3.05, 3.63) is 53.6 Å². The molecule has 0 aliphatic rings. The van der Waals surface area contributed by atoms with E-state index < -0.39 is 0 Å². The summed E-state index contributed by atoms with van der Waals surface area (Å²) in [6.45, 7) is -0.0216. The summed E-state index contributed by atoms with van der Waals surface area (Å²) in [7, 11) is 0. The van der Waals surface area contributed by atoms with Crippen molar-refractivity contribution in [2.75, 3.05) is 0 Å². The molecule has 0 radical (unpaired) electrons. The number of aliphatic hydroxyl groups is 1. The van der Waals surface area contributed by atoms with Crippen molar-refractivity contribution in [1.82, 2.24) is 0 Å². The van der Waals surface area contributed by atoms with Crippen LogP contribution >= 0.6 is 0 Å². The SMILES string of the molecule is O=Cc1ccc(-c2cccc(CO)c2)cc1O. The van der Waals surface area contributed by atoms with Crippen LogP contribution < -0.4 is 0 Å². The fourth-order valence-electron chi connectivity index (χ4n) is 1.67. The summed E-state index contributed by atoms with van der Waals surface area (Å²) in [5, 5.41) is 18.6. The Balaban J connectivity index is 2.45. The highest BCUT2D eigenvalue weighted by Crippen LogP contribution is 2.26. The lowest BCUT2D eigenvalue weighted by Crippen LogP contribution is -1.86. The zero-order valence-electron chi connectivity index (χ0n) is 9.13. The maximum Gasteiger partial charge on any atom is 0.153 e. The van der Waals surface area contributed by atoms with E-state index in [1.807, 2.05) is 24.3 Å². The lowest BCUT2D eigenvalue weighted by atomic mass is 10.0. The molecule has 0 aromatic heterocycles. The number of benzene rings is 2. The summed E-state index contributed by atoms with van der Waals surface area (Å²) in [6, 6.07) is 12.3. The van der Waals surface area contributed by atoms with E-state index in [9.17, 15) is 9.90 Å². The molecular formula is C14H12O3. The van der Waals surface area contributed by atoms with E-state index in [0.29, 0.717) is 6.29 Å². The normalized spacial score (nSPS) is 10.2. The molecule has 2 aromatic rings. The molecule has 2 rings (SSSR count). The van der Waals surface area contributed by atoms with Gasteiger partial charge in [-0.15, -0.1) is 0 Å². The molecule has 0 saturated heterocycles. The molecule has 0 heterocycles. The van der Waals surface area contributed by atoms with Crippen LogP contribution in [0.2, 0.25) is 0 Å². The van der Waals surface area contributed by atoms with Crippen LogP contribution in [-0.4, -0.2) is 16.5 Å². The number of hydrogen-bond acceptors (Lipinski definition) is 3. The Morgan fingerprint density at radius 3 is 2.47 bits per heavy atom. The molecule has 0 amide bonds. The van der Waals surface area contributed by atoms with Gasteiger partial charge in [0.2, 0.25) is 0 Å². The number of aliphatic hydroxyl groups excluding tert-OH is 1. The lowest BCUT2D eigenvalue weighted by molar-refractivity contribution is 0.112. The molecule has 2 aromatic carbocycles. The third kappa shape index (κ3) is 2.34. The minimum absolute atomic E-state index is 0.0216. The number of carbonyl (C=O) groups excluding carboxylic acids is 1. The second-order valence-electron chi connectivity index (χ2n) is 3.75. The van der Waals surface area contributed by atoms with Crippen molar-refractivity contribution < 1.29 is 15.0 Å². The molecule has 17 heavy (non-hydrogen) atoms. The van der Waals surface area contributed by atoms with Crippen LogP contribution in [-0.2, 0) is 6.61 Å². The second kappa shape index (κ2) is 4.80. The fraction of sp³-hybridized carbons (Fsp3) is 0.0714. The average Bonchev–Trinajstić information content (AvgIpc) is 2.38. The number of aromatic hydroxyl groups is 1. The molecule has 3 nitrogen and oxygen atoms in total. The van der Waals surface area contributed by atoms with Crippen LogP contribution in [0.5, 0.6) is 5.75 Å². The van der Waals surface area contributed by atoms with Crippen molar-refractivity contribution in [3.63, 3.8) is 0 Å². The molecule has 0 saturated carbocycles. The standard InChI is InChI=1S/C14H12O3/c15-8-10-2-1-3-11(6-10)12-4-5-13(9-16)14(17)7-12/h1-7,9,15,17H,8H2. The summed E-state index contributed by atoms with van der Waals surface area (Å²) in [5.41, 5.74) is 2.78. The van der Waals surface area contributed by atoms with E-state index in [-0.39, 0.29) is 17.9 Å². The van der Waals surface area contributed by atoms with Crippen molar-refractivity contribution >= 4 is 6.29 Å². The second-order valence-corrected chi connectivity index (χ2v) is 3.75. The molecule has 0 unspecified atom stereocenters. The summed E-state index contributed by atoms with van der Waals surface area (Å²) in [5.74, 6) is -0.0353. The molecule has 3 heteroatoms. The van der Waals surface area contributed by atoms with E-state index in [4.69, 9.17) is 5.11 Å². The monoisotopic (exact) mass is 228 g/mol. The molecule has 2 N–H and O–H groups in total. The topological polar surface area (TPSA) is 57.5 Å². The number of carbonyl (C=O) groups is 1. The Bertz CT molecular complexity index is 547. The quantitative estimate of drug-likeness (QED) is 0.793. The molecular weight excluding hydrogens is 216 g/mol. The van der Waals surface area contributed by atoms with Crippen molar-refractivity contribution in [3.8, 4) is 16.9 Å². The predicted molar refractivity (Wildman–Crippen MR) is 64.9 cm³/mol. The van der Waals surface area contributed by atoms with Crippen LogP contribution in [0.25, 0.3) is 11.1 Å². The van der Waals surface area contributed by atoms with Gasteiger partial charge in [0.15, 0.2) is 6.29 Å². The van der Waals surface area contributed by atoms with Crippen LogP contribution in [0.15, 0.2) is 42.5 Å². The van der Waals surface area contributed by atoms with Gasteiger partial charge in [-0.1, -0.05) is 24.3 Å². The van der Waals surface area contributed by atoms with Gasteiger partial charge in [-0.2, -0.15) is 0 Å². The number of phenols is 1. The van der Waals surface area contributed by atoms with Gasteiger partial charge in [-0.3, -0.25) is 4.79 Å². The zero-order chi connectivity index (χ0) is 12.3. The number of aldehydes is 1. The molecule has 0 aliphatic carbocycles. The molecule has 0 spiro atoms. The third-order valence-electron chi connectivity index (χ3n) is 2.60. The fourth-order valence-corrected chi connectivity index (χ4v) is 1.67. The molecule has 0 fully saturated rings. The number of hydrogen-bond donors (Lipinski definition) is 2. The number of phenolic OH excluding ortho intramolecular Hbond substituents is 1. The van der Waals surface area contributed by atoms with Gasteiger partial charge in [-0.25, -0.2) is 0 Å². The van der Waals surface area contributed by atoms with Gasteiger partial charge < -0.3 is 10.2 Å². The third-order valence-corrected chi connectivity index (χ3v) is 2.60. The Labute approximate surface area is 99.0 Å². The average molecular weight is 228 g/mol. The lowest BCUT2D eigenvalue weighted by Gasteiger charge is -2.05. The minimum atomic E-state index is -0.0353. The summed E-state index contributed by atoms with van der Waals surface area (Å²) < 4.78 is 0. The molecule has 86 valence electrons. The molecule has 0 bridgehead atoms. The minimum Gasteiger partial charge on any atom is -0.507 e. The largest absolute Gasteiger partial charge is 0.507 e. The maximum atomic E-state index is 10.6. The summed E-state index contributed by atoms with van der Waals surface area (Å²) in [6.07, 6.45) is 0.614. The zero-order valence-corrected chi connectivity index (χ0v) is 9.13. The van der Waals surface area contributed by atoms with E-state index >= 15 is 0 Å². The Morgan fingerprint density at radius 2 is 1.82 bits per heavy atom. The first kappa shape index (κ1) is 11.4. The van der Waals surface area contributed by atoms with E-state index in [2.05, 4.69) is 0 Å². The number of rotatable bonds is 3. The predicted octanol–water partition coefficient (Wildman–Crippen LogP) is 2.36. The maximum absolute atomic E-state index is 10.6. The first-order valence-electron chi connectivity index (χ1n) is 5.23. The summed E-state index contributed by atoms with van der Waals surface area (Å²) in [4.78, 5) is 10.6.